The molecular formula is C25H23ClFNO7S. The highest BCUT2D eigenvalue weighted by Crippen LogP contribution is 2.43. The minimum absolute atomic E-state index is 0.0310. The number of fused-ring (bicyclic) bond motifs is 1. The predicted octanol–water partition coefficient (Wildman–Crippen LogP) is 3.51. The van der Waals surface area contributed by atoms with Gasteiger partial charge in [-0.05, 0) is 31.2 Å². The molecule has 2 heterocycles. The molecule has 0 aliphatic carbocycles. The molecule has 8 nitrogen and oxygen atoms in total. The normalized spacial score (nSPS) is 21.1. The first-order valence-electron chi connectivity index (χ1n) is 11.1. The zero-order valence-electron chi connectivity index (χ0n) is 19.3. The smallest absolute Gasteiger partial charge is 0.338 e. The summed E-state index contributed by atoms with van der Waals surface area (Å²) in [6.45, 7) is 0.835. The Kier molecular flexibility index (Phi) is 7.87. The van der Waals surface area contributed by atoms with E-state index in [0.717, 1.165) is 6.07 Å². The van der Waals surface area contributed by atoms with Crippen molar-refractivity contribution in [2.45, 2.75) is 18.1 Å². The lowest BCUT2D eigenvalue weighted by Gasteiger charge is -2.32. The zero-order valence-corrected chi connectivity index (χ0v) is 20.9. The summed E-state index contributed by atoms with van der Waals surface area (Å²) in [5, 5.41) is -1.38. The molecule has 11 heteroatoms. The third kappa shape index (κ3) is 5.35. The Labute approximate surface area is 212 Å². The van der Waals surface area contributed by atoms with Gasteiger partial charge >= 0.3 is 11.9 Å². The largest absolute Gasteiger partial charge is 0.459 e. The molecular weight excluding hydrogens is 513 g/mol. The quantitative estimate of drug-likeness (QED) is 0.411. The van der Waals surface area contributed by atoms with Crippen LogP contribution < -0.4 is 0 Å². The van der Waals surface area contributed by atoms with Crippen molar-refractivity contribution in [3.05, 3.63) is 81.8 Å². The van der Waals surface area contributed by atoms with E-state index < -0.39 is 38.8 Å². The van der Waals surface area contributed by atoms with Gasteiger partial charge in [-0.1, -0.05) is 35.9 Å². The molecule has 0 saturated carbocycles. The molecule has 2 atom stereocenters. The number of carbonyl (C=O) groups is 2. The fraction of sp³-hybridized carbons (Fsp3) is 0.320. The van der Waals surface area contributed by atoms with E-state index in [-0.39, 0.29) is 59.7 Å². The number of esters is 2. The molecule has 190 valence electrons. The summed E-state index contributed by atoms with van der Waals surface area (Å²) in [5.41, 5.74) is 0.409. The first-order valence-corrected chi connectivity index (χ1v) is 13.2. The maximum absolute atomic E-state index is 15.1. The Hall–Kier alpha value is -3.08. The molecule has 1 saturated heterocycles. The number of rotatable bonds is 6. The summed E-state index contributed by atoms with van der Waals surface area (Å²) in [4.78, 5) is 29.6. The van der Waals surface area contributed by atoms with Crippen molar-refractivity contribution in [3.8, 4) is 0 Å². The molecule has 0 radical (unpaired) electrons. The van der Waals surface area contributed by atoms with Crippen molar-refractivity contribution < 1.29 is 36.6 Å². The Morgan fingerprint density at radius 2 is 1.78 bits per heavy atom. The highest BCUT2D eigenvalue weighted by Gasteiger charge is 2.48. The van der Waals surface area contributed by atoms with E-state index >= 15 is 4.39 Å². The van der Waals surface area contributed by atoms with Gasteiger partial charge < -0.3 is 14.2 Å². The monoisotopic (exact) mass is 535 g/mol. The number of aliphatic imine (C=N–C) groups is 1. The maximum atomic E-state index is 15.1. The van der Waals surface area contributed by atoms with Crippen LogP contribution in [0.5, 0.6) is 0 Å². The summed E-state index contributed by atoms with van der Waals surface area (Å²) < 4.78 is 57.4. The SMILES string of the molecule is CC1=C(C(=O)OCCOC(=O)c2ccccc2)C(c2c(F)cccc2Cl)C2C(=N1)COCCS2(=O)=O. The number of hydrogen-bond acceptors (Lipinski definition) is 8. The number of carbonyl (C=O) groups excluding carboxylic acids is 2. The van der Waals surface area contributed by atoms with Gasteiger partial charge in [-0.3, -0.25) is 4.99 Å². The standard InChI is InChI=1S/C25H23ClFNO7S/c1-15-20(25(30)35-11-10-34-24(29)16-6-3-2-4-7-16)22(21-17(26)8-5-9-18(21)27)23-19(28-15)14-33-12-13-36(23,31)32/h2-9,22-23H,10-14H2,1H3. The molecule has 0 amide bonds. The van der Waals surface area contributed by atoms with Crippen LogP contribution in [0.2, 0.25) is 5.02 Å². The lowest BCUT2D eigenvalue weighted by atomic mass is 9.82. The van der Waals surface area contributed by atoms with Crippen LogP contribution in [0.15, 0.2) is 64.8 Å². The van der Waals surface area contributed by atoms with E-state index in [9.17, 15) is 18.0 Å². The minimum atomic E-state index is -3.90. The Balaban J connectivity index is 1.62. The first kappa shape index (κ1) is 26.0. The van der Waals surface area contributed by atoms with E-state index in [1.54, 1.807) is 30.3 Å². The van der Waals surface area contributed by atoms with Crippen LogP contribution in [0.4, 0.5) is 4.39 Å². The molecule has 2 aromatic carbocycles. The van der Waals surface area contributed by atoms with E-state index in [1.807, 2.05) is 0 Å². The van der Waals surface area contributed by atoms with Crippen molar-refractivity contribution in [2.75, 3.05) is 32.2 Å². The molecule has 2 aliphatic rings. The van der Waals surface area contributed by atoms with Crippen LogP contribution in [0.25, 0.3) is 0 Å². The van der Waals surface area contributed by atoms with Crippen molar-refractivity contribution in [1.29, 1.82) is 0 Å². The van der Waals surface area contributed by atoms with E-state index in [4.69, 9.17) is 25.8 Å². The van der Waals surface area contributed by atoms with Crippen LogP contribution in [-0.4, -0.2) is 63.5 Å². The molecule has 0 N–H and O–H groups in total. The van der Waals surface area contributed by atoms with Gasteiger partial charge in [0.1, 0.15) is 24.3 Å². The average molecular weight is 536 g/mol. The number of hydrogen-bond donors (Lipinski definition) is 0. The Morgan fingerprint density at radius 1 is 1.08 bits per heavy atom. The molecule has 36 heavy (non-hydrogen) atoms. The second-order valence-electron chi connectivity index (χ2n) is 8.19. The van der Waals surface area contributed by atoms with Crippen LogP contribution in [0.3, 0.4) is 0 Å². The van der Waals surface area contributed by atoms with Crippen LogP contribution >= 0.6 is 11.6 Å². The molecule has 0 aromatic heterocycles. The minimum Gasteiger partial charge on any atom is -0.459 e. The van der Waals surface area contributed by atoms with Crippen LogP contribution in [0.1, 0.15) is 28.8 Å². The predicted molar refractivity (Wildman–Crippen MR) is 130 cm³/mol. The fourth-order valence-electron chi connectivity index (χ4n) is 4.30. The summed E-state index contributed by atoms with van der Waals surface area (Å²) in [5.74, 6) is -3.87. The average Bonchev–Trinajstić information content (AvgIpc) is 2.99. The van der Waals surface area contributed by atoms with Gasteiger partial charge in [0.05, 0.1) is 35.8 Å². The summed E-state index contributed by atoms with van der Waals surface area (Å²) in [6.07, 6.45) is 0. The van der Waals surface area contributed by atoms with Gasteiger partial charge in [-0.15, -0.1) is 0 Å². The van der Waals surface area contributed by atoms with Gasteiger partial charge in [-0.25, -0.2) is 22.4 Å². The molecule has 0 spiro atoms. The van der Waals surface area contributed by atoms with Crippen molar-refractivity contribution >= 4 is 39.1 Å². The molecule has 2 unspecified atom stereocenters. The summed E-state index contributed by atoms with van der Waals surface area (Å²) >= 11 is 6.33. The molecule has 1 fully saturated rings. The summed E-state index contributed by atoms with van der Waals surface area (Å²) in [6, 6.07) is 12.2. The third-order valence-electron chi connectivity index (χ3n) is 5.88. The van der Waals surface area contributed by atoms with Crippen molar-refractivity contribution in [2.24, 2.45) is 4.99 Å². The van der Waals surface area contributed by atoms with E-state index in [2.05, 4.69) is 4.99 Å². The zero-order chi connectivity index (χ0) is 25.9. The van der Waals surface area contributed by atoms with Crippen molar-refractivity contribution in [1.82, 2.24) is 0 Å². The third-order valence-corrected chi connectivity index (χ3v) is 8.27. The number of halogens is 2. The lowest BCUT2D eigenvalue weighted by Crippen LogP contribution is -2.43. The number of ether oxygens (including phenoxy) is 3. The lowest BCUT2D eigenvalue weighted by molar-refractivity contribution is -0.140. The second-order valence-corrected chi connectivity index (χ2v) is 10.8. The molecule has 4 rings (SSSR count). The van der Waals surface area contributed by atoms with Crippen molar-refractivity contribution in [3.63, 3.8) is 0 Å². The van der Waals surface area contributed by atoms with Gasteiger partial charge in [0.25, 0.3) is 0 Å². The summed E-state index contributed by atoms with van der Waals surface area (Å²) in [7, 11) is -3.90. The number of allylic oxidation sites excluding steroid dienone is 1. The first-order chi connectivity index (χ1) is 17.2. The van der Waals surface area contributed by atoms with E-state index in [0.29, 0.717) is 5.56 Å². The molecule has 0 bridgehead atoms. The van der Waals surface area contributed by atoms with Gasteiger partial charge in [0.2, 0.25) is 0 Å². The van der Waals surface area contributed by atoms with Gasteiger partial charge in [0.15, 0.2) is 9.84 Å². The molecule has 2 aromatic rings. The second kappa shape index (κ2) is 10.9. The Bertz CT molecular complexity index is 1320. The maximum Gasteiger partial charge on any atom is 0.338 e. The van der Waals surface area contributed by atoms with Crippen LogP contribution in [-0.2, 0) is 28.8 Å². The molecule has 2 aliphatic heterocycles. The van der Waals surface area contributed by atoms with Gasteiger partial charge in [-0.2, -0.15) is 0 Å². The van der Waals surface area contributed by atoms with Gasteiger partial charge in [0, 0.05) is 22.2 Å². The number of sulfone groups is 1. The highest BCUT2D eigenvalue weighted by molar-refractivity contribution is 7.92. The topological polar surface area (TPSA) is 108 Å². The number of nitrogens with zero attached hydrogens (tertiary/aromatic N) is 1. The Morgan fingerprint density at radius 3 is 2.47 bits per heavy atom. The fourth-order valence-corrected chi connectivity index (χ4v) is 6.40. The highest BCUT2D eigenvalue weighted by atomic mass is 35.5. The van der Waals surface area contributed by atoms with Crippen LogP contribution in [0, 0.1) is 5.82 Å². The van der Waals surface area contributed by atoms with E-state index in [1.165, 1.54) is 19.1 Å². The number of benzene rings is 2.